The molecule has 0 amide bonds. The summed E-state index contributed by atoms with van der Waals surface area (Å²) in [5.41, 5.74) is 9.79. The quantitative estimate of drug-likeness (QED) is 0.755. The molecule has 2 atom stereocenters. The number of benzene rings is 1. The number of H-pyrrole nitrogens is 1. The van der Waals surface area contributed by atoms with E-state index in [9.17, 15) is 0 Å². The van der Waals surface area contributed by atoms with Crippen molar-refractivity contribution in [3.05, 3.63) is 29.6 Å². The second-order valence-corrected chi connectivity index (χ2v) is 5.50. The largest absolute Gasteiger partial charge is 0.342 e. The van der Waals surface area contributed by atoms with Crippen molar-refractivity contribution in [1.29, 1.82) is 0 Å². The lowest BCUT2D eigenvalue weighted by molar-refractivity contribution is 0.488. The molecule has 1 aromatic heterocycles. The van der Waals surface area contributed by atoms with Gasteiger partial charge in [-0.1, -0.05) is 31.4 Å². The Morgan fingerprint density at radius 3 is 2.89 bits per heavy atom. The average molecular weight is 243 g/mol. The molecule has 1 heterocycles. The molecule has 1 aliphatic rings. The van der Waals surface area contributed by atoms with Gasteiger partial charge in [0.25, 0.3) is 0 Å². The van der Waals surface area contributed by atoms with Crippen LogP contribution in [0.15, 0.2) is 18.2 Å². The Balaban J connectivity index is 2.00. The normalized spacial score (nSPS) is 25.2. The molecule has 0 aliphatic heterocycles. The number of aromatic amines is 1. The van der Waals surface area contributed by atoms with Gasteiger partial charge < -0.3 is 10.7 Å². The number of fused-ring (bicyclic) bond motifs is 1. The van der Waals surface area contributed by atoms with Gasteiger partial charge in [0.05, 0.1) is 11.0 Å². The highest BCUT2D eigenvalue weighted by Crippen LogP contribution is 2.30. The molecule has 3 heteroatoms. The lowest BCUT2D eigenvalue weighted by Crippen LogP contribution is -2.28. The number of nitrogens with one attached hydrogen (secondary N) is 1. The Bertz CT molecular complexity index is 544. The van der Waals surface area contributed by atoms with E-state index in [0.29, 0.717) is 5.92 Å². The highest BCUT2D eigenvalue weighted by molar-refractivity contribution is 5.78. The van der Waals surface area contributed by atoms with E-state index in [-0.39, 0.29) is 6.04 Å². The molecule has 1 saturated carbocycles. The summed E-state index contributed by atoms with van der Waals surface area (Å²) >= 11 is 0. The van der Waals surface area contributed by atoms with E-state index in [1.807, 2.05) is 0 Å². The van der Waals surface area contributed by atoms with Gasteiger partial charge >= 0.3 is 0 Å². The lowest BCUT2D eigenvalue weighted by atomic mass is 9.95. The van der Waals surface area contributed by atoms with Crippen LogP contribution in [0.25, 0.3) is 11.0 Å². The molecule has 18 heavy (non-hydrogen) atoms. The van der Waals surface area contributed by atoms with Crippen LogP contribution < -0.4 is 5.73 Å². The fourth-order valence-electron chi connectivity index (χ4n) is 3.05. The predicted octanol–water partition coefficient (Wildman–Crippen LogP) is 3.25. The standard InChI is InChI=1S/C15H21N3/c1-10-6-5-9-13-14(10)18-15(17-13)11-7-3-2-4-8-12(11)16/h5-6,9,11-12H,2-4,7-8,16H2,1H3,(H,17,18). The highest BCUT2D eigenvalue weighted by atomic mass is 14.9. The van der Waals surface area contributed by atoms with Crippen LogP contribution in [0.5, 0.6) is 0 Å². The summed E-state index contributed by atoms with van der Waals surface area (Å²) in [6.45, 7) is 2.11. The second-order valence-electron chi connectivity index (χ2n) is 5.50. The molecule has 96 valence electrons. The van der Waals surface area contributed by atoms with E-state index in [4.69, 9.17) is 10.7 Å². The molecule has 2 aromatic rings. The van der Waals surface area contributed by atoms with Gasteiger partial charge in [0.2, 0.25) is 0 Å². The zero-order valence-corrected chi connectivity index (χ0v) is 10.9. The molecule has 3 N–H and O–H groups in total. The summed E-state index contributed by atoms with van der Waals surface area (Å²) in [5.74, 6) is 1.49. The maximum Gasteiger partial charge on any atom is 0.111 e. The molecule has 1 aromatic carbocycles. The zero-order chi connectivity index (χ0) is 12.5. The summed E-state index contributed by atoms with van der Waals surface area (Å²) in [6.07, 6.45) is 6.13. The first-order valence-electron chi connectivity index (χ1n) is 6.96. The Kier molecular flexibility index (Phi) is 3.08. The first kappa shape index (κ1) is 11.7. The molecule has 0 spiro atoms. The molecular formula is C15H21N3. The van der Waals surface area contributed by atoms with Crippen molar-refractivity contribution < 1.29 is 0 Å². The minimum Gasteiger partial charge on any atom is -0.342 e. The number of nitrogens with two attached hydrogens (primary N) is 1. The summed E-state index contributed by atoms with van der Waals surface area (Å²) in [5, 5.41) is 0. The number of hydrogen-bond acceptors (Lipinski definition) is 2. The third-order valence-electron chi connectivity index (χ3n) is 4.15. The van der Waals surface area contributed by atoms with Crippen molar-refractivity contribution in [3.63, 3.8) is 0 Å². The Labute approximate surface area is 108 Å². The van der Waals surface area contributed by atoms with E-state index < -0.39 is 0 Å². The van der Waals surface area contributed by atoms with E-state index in [1.54, 1.807) is 0 Å². The van der Waals surface area contributed by atoms with Gasteiger partial charge in [-0.05, 0) is 31.4 Å². The van der Waals surface area contributed by atoms with Gasteiger partial charge in [0, 0.05) is 12.0 Å². The number of imidazole rings is 1. The fraction of sp³-hybridized carbons (Fsp3) is 0.533. The van der Waals surface area contributed by atoms with E-state index in [1.165, 1.54) is 31.2 Å². The van der Waals surface area contributed by atoms with Crippen molar-refractivity contribution in [2.45, 2.75) is 51.0 Å². The predicted molar refractivity (Wildman–Crippen MR) is 74.6 cm³/mol. The van der Waals surface area contributed by atoms with Crippen LogP contribution in [-0.4, -0.2) is 16.0 Å². The minimum absolute atomic E-state index is 0.258. The van der Waals surface area contributed by atoms with Gasteiger partial charge in [0.1, 0.15) is 5.82 Å². The van der Waals surface area contributed by atoms with Crippen molar-refractivity contribution in [2.24, 2.45) is 5.73 Å². The molecule has 3 nitrogen and oxygen atoms in total. The van der Waals surface area contributed by atoms with Crippen LogP contribution in [-0.2, 0) is 0 Å². The topological polar surface area (TPSA) is 54.7 Å². The maximum atomic E-state index is 6.31. The molecular weight excluding hydrogens is 222 g/mol. The number of aromatic nitrogens is 2. The Morgan fingerprint density at radius 1 is 1.22 bits per heavy atom. The van der Waals surface area contributed by atoms with Crippen LogP contribution in [0.4, 0.5) is 0 Å². The fourth-order valence-corrected chi connectivity index (χ4v) is 3.05. The van der Waals surface area contributed by atoms with Crippen LogP contribution in [0, 0.1) is 6.92 Å². The lowest BCUT2D eigenvalue weighted by Gasteiger charge is -2.18. The van der Waals surface area contributed by atoms with Crippen LogP contribution in [0.3, 0.4) is 0 Å². The molecule has 1 fully saturated rings. The second kappa shape index (κ2) is 4.73. The van der Waals surface area contributed by atoms with E-state index in [2.05, 4.69) is 30.1 Å². The number of aryl methyl sites for hydroxylation is 1. The smallest absolute Gasteiger partial charge is 0.111 e. The third-order valence-corrected chi connectivity index (χ3v) is 4.15. The van der Waals surface area contributed by atoms with Gasteiger partial charge in [-0.25, -0.2) is 4.98 Å². The summed E-state index contributed by atoms with van der Waals surface area (Å²) in [4.78, 5) is 8.27. The van der Waals surface area contributed by atoms with E-state index >= 15 is 0 Å². The SMILES string of the molecule is Cc1cccc2[nH]c(C3CCCCCC3N)nc12. The maximum absolute atomic E-state index is 6.31. The van der Waals surface area contributed by atoms with Crippen LogP contribution in [0.1, 0.15) is 49.4 Å². The summed E-state index contributed by atoms with van der Waals surface area (Å²) in [6, 6.07) is 6.54. The van der Waals surface area contributed by atoms with Crippen LogP contribution in [0.2, 0.25) is 0 Å². The number of nitrogens with zero attached hydrogens (tertiary/aromatic N) is 1. The molecule has 1 aliphatic carbocycles. The van der Waals surface area contributed by atoms with Crippen molar-refractivity contribution in [3.8, 4) is 0 Å². The van der Waals surface area contributed by atoms with Crippen LogP contribution >= 0.6 is 0 Å². The first-order valence-corrected chi connectivity index (χ1v) is 6.96. The van der Waals surface area contributed by atoms with Gasteiger partial charge in [-0.15, -0.1) is 0 Å². The first-order chi connectivity index (χ1) is 8.75. The minimum atomic E-state index is 0.258. The van der Waals surface area contributed by atoms with Gasteiger partial charge in [-0.3, -0.25) is 0 Å². The van der Waals surface area contributed by atoms with Gasteiger partial charge in [-0.2, -0.15) is 0 Å². The molecule has 0 radical (unpaired) electrons. The van der Waals surface area contributed by atoms with Crippen molar-refractivity contribution in [2.75, 3.05) is 0 Å². The number of para-hydroxylation sites is 1. The Hall–Kier alpha value is -1.35. The Morgan fingerprint density at radius 2 is 2.06 bits per heavy atom. The average Bonchev–Trinajstić information content (AvgIpc) is 2.67. The molecule has 3 rings (SSSR count). The molecule has 2 unspecified atom stereocenters. The molecule has 0 saturated heterocycles. The zero-order valence-electron chi connectivity index (χ0n) is 10.9. The van der Waals surface area contributed by atoms with Gasteiger partial charge in [0.15, 0.2) is 0 Å². The van der Waals surface area contributed by atoms with Crippen molar-refractivity contribution >= 4 is 11.0 Å². The van der Waals surface area contributed by atoms with E-state index in [0.717, 1.165) is 23.3 Å². The third kappa shape index (κ3) is 2.03. The number of hydrogen-bond donors (Lipinski definition) is 2. The van der Waals surface area contributed by atoms with Crippen molar-refractivity contribution in [1.82, 2.24) is 9.97 Å². The monoisotopic (exact) mass is 243 g/mol. The summed E-state index contributed by atoms with van der Waals surface area (Å²) < 4.78 is 0. The number of rotatable bonds is 1. The highest BCUT2D eigenvalue weighted by Gasteiger charge is 2.24. The summed E-state index contributed by atoms with van der Waals surface area (Å²) in [7, 11) is 0. The molecule has 0 bridgehead atoms.